The Morgan fingerprint density at radius 2 is 2.00 bits per heavy atom. The molecule has 2 aromatic rings. The number of aromatic nitrogens is 1. The molecule has 10 heteroatoms. The number of sulfone groups is 1. The van der Waals surface area contributed by atoms with Crippen molar-refractivity contribution >= 4 is 27.6 Å². The van der Waals surface area contributed by atoms with Crippen molar-refractivity contribution in [2.75, 3.05) is 17.7 Å². The van der Waals surface area contributed by atoms with E-state index < -0.39 is 38.6 Å². The predicted octanol–water partition coefficient (Wildman–Crippen LogP) is 2.49. The highest BCUT2D eigenvalue weighted by Crippen LogP contribution is 2.31. The molecule has 1 N–H and O–H groups in total. The minimum atomic E-state index is -3.94. The van der Waals surface area contributed by atoms with Crippen LogP contribution in [0.15, 0.2) is 42.7 Å². The first-order valence-corrected chi connectivity index (χ1v) is 10.5. The standard InChI is InChI=1S/C19H19FN2O6S/c1-19(17(23)24,29(2,26)27)9-14-11-22(18(25)28-14)13-5-3-12(4-6-13)15-7-8-21-10-16(15)20/h3-8,10,14H,9,11H2,1-2H3,(H,23,24). The SMILES string of the molecule is CC(CC1CN(c2ccc(-c3ccncc3F)cc2)C(=O)O1)(C(=O)O)S(C)(=O)=O. The number of halogens is 1. The van der Waals surface area contributed by atoms with Crippen LogP contribution in [0, 0.1) is 5.82 Å². The van der Waals surface area contributed by atoms with Crippen molar-refractivity contribution in [1.29, 1.82) is 0 Å². The zero-order valence-corrected chi connectivity index (χ0v) is 16.5. The van der Waals surface area contributed by atoms with Crippen LogP contribution in [0.3, 0.4) is 0 Å². The van der Waals surface area contributed by atoms with Crippen LogP contribution in [-0.2, 0) is 19.4 Å². The maximum absolute atomic E-state index is 13.9. The Morgan fingerprint density at radius 3 is 2.55 bits per heavy atom. The highest BCUT2D eigenvalue weighted by Gasteiger charge is 2.48. The van der Waals surface area contributed by atoms with E-state index in [1.165, 1.54) is 17.2 Å². The Hall–Kier alpha value is -3.01. The number of ether oxygens (including phenoxy) is 1. The van der Waals surface area contributed by atoms with Crippen LogP contribution in [0.1, 0.15) is 13.3 Å². The van der Waals surface area contributed by atoms with E-state index in [4.69, 9.17) is 4.74 Å². The third-order valence-electron chi connectivity index (χ3n) is 5.02. The van der Waals surface area contributed by atoms with Gasteiger partial charge in [0.2, 0.25) is 0 Å². The molecule has 0 spiro atoms. The largest absolute Gasteiger partial charge is 0.480 e. The lowest BCUT2D eigenvalue weighted by atomic mass is 10.0. The molecule has 29 heavy (non-hydrogen) atoms. The predicted molar refractivity (Wildman–Crippen MR) is 103 cm³/mol. The molecule has 0 bridgehead atoms. The van der Waals surface area contributed by atoms with Crippen molar-refractivity contribution in [2.24, 2.45) is 0 Å². The number of carboxylic acid groups (broad SMARTS) is 1. The molecule has 0 aliphatic carbocycles. The smallest absolute Gasteiger partial charge is 0.414 e. The van der Waals surface area contributed by atoms with Crippen molar-refractivity contribution in [3.8, 4) is 11.1 Å². The average Bonchev–Trinajstić information content (AvgIpc) is 3.01. The Labute approximate surface area is 166 Å². The van der Waals surface area contributed by atoms with Gasteiger partial charge in [-0.05, 0) is 30.7 Å². The van der Waals surface area contributed by atoms with Gasteiger partial charge >= 0.3 is 12.1 Å². The summed E-state index contributed by atoms with van der Waals surface area (Å²) in [5.41, 5.74) is 1.42. The van der Waals surface area contributed by atoms with E-state index in [9.17, 15) is 27.5 Å². The van der Waals surface area contributed by atoms with Gasteiger partial charge in [-0.15, -0.1) is 0 Å². The third kappa shape index (κ3) is 3.93. The van der Waals surface area contributed by atoms with E-state index >= 15 is 0 Å². The van der Waals surface area contributed by atoms with Gasteiger partial charge in [-0.2, -0.15) is 0 Å². The second kappa shape index (κ2) is 7.43. The molecule has 2 atom stereocenters. The Kier molecular flexibility index (Phi) is 5.31. The van der Waals surface area contributed by atoms with Gasteiger partial charge in [0.25, 0.3) is 0 Å². The van der Waals surface area contributed by atoms with E-state index in [0.29, 0.717) is 16.8 Å². The minimum Gasteiger partial charge on any atom is -0.480 e. The Bertz CT molecular complexity index is 1060. The molecule has 1 aliphatic rings. The van der Waals surface area contributed by atoms with Gasteiger partial charge in [0.05, 0.1) is 12.7 Å². The zero-order chi connectivity index (χ0) is 21.4. The molecular formula is C19H19FN2O6S. The molecule has 2 unspecified atom stereocenters. The summed E-state index contributed by atoms with van der Waals surface area (Å²) in [6.45, 7) is 1.10. The maximum atomic E-state index is 13.9. The summed E-state index contributed by atoms with van der Waals surface area (Å²) in [6.07, 6.45) is 1.42. The Morgan fingerprint density at radius 1 is 1.34 bits per heavy atom. The first kappa shape index (κ1) is 20.7. The van der Waals surface area contributed by atoms with Crippen LogP contribution in [0.25, 0.3) is 11.1 Å². The quantitative estimate of drug-likeness (QED) is 0.761. The number of aliphatic carboxylic acids is 1. The first-order valence-electron chi connectivity index (χ1n) is 8.64. The number of anilines is 1. The molecule has 154 valence electrons. The van der Waals surface area contributed by atoms with Crippen LogP contribution in [0.4, 0.5) is 14.9 Å². The van der Waals surface area contributed by atoms with E-state index in [1.807, 2.05) is 0 Å². The van der Waals surface area contributed by atoms with Crippen molar-refractivity contribution in [1.82, 2.24) is 4.98 Å². The summed E-state index contributed by atoms with van der Waals surface area (Å²) in [4.78, 5) is 28.7. The molecule has 1 aliphatic heterocycles. The van der Waals surface area contributed by atoms with Gasteiger partial charge < -0.3 is 9.84 Å². The second-order valence-electron chi connectivity index (χ2n) is 7.03. The molecule has 1 saturated heterocycles. The monoisotopic (exact) mass is 422 g/mol. The lowest BCUT2D eigenvalue weighted by molar-refractivity contribution is -0.140. The van der Waals surface area contributed by atoms with Crippen molar-refractivity contribution in [3.05, 3.63) is 48.5 Å². The molecule has 1 aromatic carbocycles. The molecule has 1 amide bonds. The molecule has 0 radical (unpaired) electrons. The fourth-order valence-electron chi connectivity index (χ4n) is 3.10. The van der Waals surface area contributed by atoms with Gasteiger partial charge in [0.15, 0.2) is 14.6 Å². The van der Waals surface area contributed by atoms with Crippen molar-refractivity contribution < 1.29 is 32.2 Å². The van der Waals surface area contributed by atoms with Crippen LogP contribution in [0.5, 0.6) is 0 Å². The summed E-state index contributed by atoms with van der Waals surface area (Å²) in [6, 6.07) is 8.00. The van der Waals surface area contributed by atoms with Gasteiger partial charge in [0, 0.05) is 30.1 Å². The number of pyridine rings is 1. The highest BCUT2D eigenvalue weighted by molar-refractivity contribution is 7.92. The second-order valence-corrected chi connectivity index (χ2v) is 9.48. The van der Waals surface area contributed by atoms with E-state index in [-0.39, 0.29) is 13.0 Å². The van der Waals surface area contributed by atoms with E-state index in [1.54, 1.807) is 24.3 Å². The highest BCUT2D eigenvalue weighted by atomic mass is 32.2. The number of hydrogen-bond donors (Lipinski definition) is 1. The molecule has 8 nitrogen and oxygen atoms in total. The van der Waals surface area contributed by atoms with Crippen LogP contribution in [-0.4, -0.2) is 54.2 Å². The number of amides is 1. The number of hydrogen-bond acceptors (Lipinski definition) is 6. The van der Waals surface area contributed by atoms with E-state index in [0.717, 1.165) is 19.4 Å². The minimum absolute atomic E-state index is 0.000187. The third-order valence-corrected chi connectivity index (χ3v) is 7.00. The Balaban J connectivity index is 1.79. The lowest BCUT2D eigenvalue weighted by Gasteiger charge is -2.24. The summed E-state index contributed by atoms with van der Waals surface area (Å²) < 4.78 is 40.9. The topological polar surface area (TPSA) is 114 Å². The van der Waals surface area contributed by atoms with Gasteiger partial charge in [-0.3, -0.25) is 14.7 Å². The molecule has 2 heterocycles. The molecule has 3 rings (SSSR count). The van der Waals surface area contributed by atoms with Crippen LogP contribution >= 0.6 is 0 Å². The number of carbonyl (C=O) groups is 2. The molecule has 0 saturated carbocycles. The number of carbonyl (C=O) groups excluding carboxylic acids is 1. The summed E-state index contributed by atoms with van der Waals surface area (Å²) in [7, 11) is -3.94. The van der Waals surface area contributed by atoms with Crippen LogP contribution in [0.2, 0.25) is 0 Å². The maximum Gasteiger partial charge on any atom is 0.414 e. The number of nitrogens with zero attached hydrogens (tertiary/aromatic N) is 2. The molecule has 1 aromatic heterocycles. The number of carboxylic acids is 1. The van der Waals surface area contributed by atoms with Gasteiger partial charge in [-0.25, -0.2) is 17.6 Å². The molecule has 1 fully saturated rings. The number of cyclic esters (lactones) is 1. The zero-order valence-electron chi connectivity index (χ0n) is 15.7. The van der Waals surface area contributed by atoms with Crippen molar-refractivity contribution in [3.63, 3.8) is 0 Å². The normalized spacial score (nSPS) is 18.9. The van der Waals surface area contributed by atoms with E-state index in [2.05, 4.69) is 4.98 Å². The number of rotatable bonds is 6. The van der Waals surface area contributed by atoms with Crippen LogP contribution < -0.4 is 4.90 Å². The number of benzene rings is 1. The summed E-state index contributed by atoms with van der Waals surface area (Å²) >= 11 is 0. The lowest BCUT2D eigenvalue weighted by Crippen LogP contribution is -2.46. The molecular weight excluding hydrogens is 403 g/mol. The average molecular weight is 422 g/mol. The first-order chi connectivity index (χ1) is 13.5. The van der Waals surface area contributed by atoms with Gasteiger partial charge in [0.1, 0.15) is 11.9 Å². The van der Waals surface area contributed by atoms with Crippen molar-refractivity contribution in [2.45, 2.75) is 24.2 Å². The fourth-order valence-corrected chi connectivity index (χ4v) is 3.91. The van der Waals surface area contributed by atoms with Gasteiger partial charge in [-0.1, -0.05) is 12.1 Å². The fraction of sp³-hybridized carbons (Fsp3) is 0.316. The summed E-state index contributed by atoms with van der Waals surface area (Å²) in [5.74, 6) is -1.98. The summed E-state index contributed by atoms with van der Waals surface area (Å²) in [5, 5.41) is 9.37.